The third-order valence-electron chi connectivity index (χ3n) is 2.66. The smallest absolute Gasteiger partial charge is 0.204 e. The Morgan fingerprint density at radius 1 is 0.895 bits per heavy atom. The van der Waals surface area contributed by atoms with E-state index in [4.69, 9.17) is 5.84 Å². The Labute approximate surface area is 108 Å². The molecule has 2 aromatic carbocycles. The summed E-state index contributed by atoms with van der Waals surface area (Å²) in [5.41, 5.74) is 0.773. The number of nitrogens with two attached hydrogens (primary N) is 1. The summed E-state index contributed by atoms with van der Waals surface area (Å²) in [4.78, 5) is 0. The number of hydrazone groups is 1. The van der Waals surface area contributed by atoms with Gasteiger partial charge in [-0.15, -0.1) is 0 Å². The molecular formula is C13H12N2O4. The lowest BCUT2D eigenvalue weighted by molar-refractivity contribution is 0.345. The molecule has 0 radical (unpaired) electrons. The van der Waals surface area contributed by atoms with Crippen molar-refractivity contribution in [2.45, 2.75) is 0 Å². The van der Waals surface area contributed by atoms with Gasteiger partial charge in [0.2, 0.25) is 11.5 Å². The molecular weight excluding hydrogens is 248 g/mol. The van der Waals surface area contributed by atoms with Crippen molar-refractivity contribution in [3.63, 3.8) is 0 Å². The van der Waals surface area contributed by atoms with Gasteiger partial charge in [-0.05, 0) is 6.07 Å². The Morgan fingerprint density at radius 2 is 1.53 bits per heavy atom. The lowest BCUT2D eigenvalue weighted by Crippen LogP contribution is -2.06. The SMILES string of the molecule is NN=C(c1ccccc1)c1cc(O)c(O)c(O)c1O. The van der Waals surface area contributed by atoms with E-state index in [1.165, 1.54) is 0 Å². The summed E-state index contributed by atoms with van der Waals surface area (Å²) in [5, 5.41) is 41.7. The molecule has 0 unspecified atom stereocenters. The van der Waals surface area contributed by atoms with Crippen molar-refractivity contribution in [3.05, 3.63) is 47.5 Å². The van der Waals surface area contributed by atoms with E-state index in [1.54, 1.807) is 30.3 Å². The third-order valence-corrected chi connectivity index (χ3v) is 2.66. The van der Waals surface area contributed by atoms with Gasteiger partial charge in [0.25, 0.3) is 0 Å². The Bertz CT molecular complexity index is 639. The highest BCUT2D eigenvalue weighted by Gasteiger charge is 2.20. The van der Waals surface area contributed by atoms with Gasteiger partial charge in [0.05, 0.1) is 5.56 Å². The maximum Gasteiger partial charge on any atom is 0.204 e. The minimum Gasteiger partial charge on any atom is -0.504 e. The van der Waals surface area contributed by atoms with Crippen molar-refractivity contribution in [1.82, 2.24) is 0 Å². The van der Waals surface area contributed by atoms with Gasteiger partial charge in [-0.1, -0.05) is 30.3 Å². The number of aromatic hydroxyl groups is 4. The lowest BCUT2D eigenvalue weighted by Gasteiger charge is -2.11. The van der Waals surface area contributed by atoms with Gasteiger partial charge in [0, 0.05) is 5.56 Å². The molecule has 19 heavy (non-hydrogen) atoms. The summed E-state index contributed by atoms with van der Waals surface area (Å²) in [6.45, 7) is 0. The molecule has 6 N–H and O–H groups in total. The number of rotatable bonds is 2. The largest absolute Gasteiger partial charge is 0.504 e. The van der Waals surface area contributed by atoms with Gasteiger partial charge in [0.15, 0.2) is 11.5 Å². The summed E-state index contributed by atoms with van der Waals surface area (Å²) in [5.74, 6) is 2.48. The highest BCUT2D eigenvalue weighted by molar-refractivity contribution is 6.15. The van der Waals surface area contributed by atoms with Crippen molar-refractivity contribution in [2.24, 2.45) is 10.9 Å². The van der Waals surface area contributed by atoms with Crippen molar-refractivity contribution in [2.75, 3.05) is 0 Å². The molecule has 0 saturated carbocycles. The predicted molar refractivity (Wildman–Crippen MR) is 69.4 cm³/mol. The average Bonchev–Trinajstić information content (AvgIpc) is 2.44. The van der Waals surface area contributed by atoms with Crippen LogP contribution in [0.15, 0.2) is 41.5 Å². The van der Waals surface area contributed by atoms with Crippen molar-refractivity contribution in [3.8, 4) is 23.0 Å². The molecule has 6 nitrogen and oxygen atoms in total. The Hall–Kier alpha value is -2.89. The van der Waals surface area contributed by atoms with Crippen LogP contribution in [-0.4, -0.2) is 26.1 Å². The number of hydrogen-bond acceptors (Lipinski definition) is 6. The second-order valence-electron chi connectivity index (χ2n) is 3.83. The summed E-state index contributed by atoms with van der Waals surface area (Å²) < 4.78 is 0. The predicted octanol–water partition coefficient (Wildman–Crippen LogP) is 1.22. The molecule has 98 valence electrons. The van der Waals surface area contributed by atoms with Gasteiger partial charge in [0.1, 0.15) is 5.71 Å². The summed E-state index contributed by atoms with van der Waals surface area (Å²) >= 11 is 0. The molecule has 0 saturated heterocycles. The fourth-order valence-electron chi connectivity index (χ4n) is 1.71. The second-order valence-corrected chi connectivity index (χ2v) is 3.83. The molecule has 0 amide bonds. The van der Waals surface area contributed by atoms with Gasteiger partial charge >= 0.3 is 0 Å². The molecule has 0 bridgehead atoms. The average molecular weight is 260 g/mol. The van der Waals surface area contributed by atoms with Crippen LogP contribution in [0.5, 0.6) is 23.0 Å². The Kier molecular flexibility index (Phi) is 3.15. The van der Waals surface area contributed by atoms with Crippen LogP contribution < -0.4 is 5.84 Å². The van der Waals surface area contributed by atoms with Gasteiger partial charge < -0.3 is 26.3 Å². The number of phenolic OH excluding ortho intramolecular Hbond substituents is 4. The van der Waals surface area contributed by atoms with Crippen LogP contribution in [0.4, 0.5) is 0 Å². The van der Waals surface area contributed by atoms with E-state index in [0.29, 0.717) is 5.56 Å². The second kappa shape index (κ2) is 4.77. The first-order chi connectivity index (χ1) is 9.06. The van der Waals surface area contributed by atoms with Gasteiger partial charge in [-0.2, -0.15) is 5.10 Å². The molecule has 2 aromatic rings. The molecule has 0 atom stereocenters. The van der Waals surface area contributed by atoms with E-state index in [1.807, 2.05) is 0 Å². The van der Waals surface area contributed by atoms with Crippen LogP contribution in [-0.2, 0) is 0 Å². The van der Waals surface area contributed by atoms with E-state index >= 15 is 0 Å². The third kappa shape index (κ3) is 2.11. The van der Waals surface area contributed by atoms with Crippen molar-refractivity contribution in [1.29, 1.82) is 0 Å². The molecule has 6 heteroatoms. The van der Waals surface area contributed by atoms with Crippen LogP contribution in [0.2, 0.25) is 0 Å². The minimum absolute atomic E-state index is 0.0153. The van der Waals surface area contributed by atoms with E-state index in [-0.39, 0.29) is 11.3 Å². The molecule has 0 aromatic heterocycles. The number of phenols is 4. The monoisotopic (exact) mass is 260 g/mol. The molecule has 0 aliphatic carbocycles. The van der Waals surface area contributed by atoms with Crippen LogP contribution in [0.25, 0.3) is 0 Å². The first-order valence-electron chi connectivity index (χ1n) is 5.36. The van der Waals surface area contributed by atoms with E-state index < -0.39 is 23.0 Å². The minimum atomic E-state index is -0.827. The summed E-state index contributed by atoms with van der Waals surface area (Å²) in [6, 6.07) is 9.76. The van der Waals surface area contributed by atoms with E-state index in [2.05, 4.69) is 5.10 Å². The van der Waals surface area contributed by atoms with Crippen molar-refractivity contribution < 1.29 is 20.4 Å². The van der Waals surface area contributed by atoms with Crippen LogP contribution in [0.3, 0.4) is 0 Å². The number of nitrogens with zero attached hydrogens (tertiary/aromatic N) is 1. The lowest BCUT2D eigenvalue weighted by atomic mass is 10.0. The Morgan fingerprint density at radius 3 is 2.11 bits per heavy atom. The zero-order valence-corrected chi connectivity index (χ0v) is 9.78. The molecule has 0 spiro atoms. The Balaban J connectivity index is 2.65. The van der Waals surface area contributed by atoms with Crippen LogP contribution in [0.1, 0.15) is 11.1 Å². The zero-order valence-electron chi connectivity index (χ0n) is 9.78. The normalized spacial score (nSPS) is 11.5. The van der Waals surface area contributed by atoms with Crippen LogP contribution in [0, 0.1) is 0 Å². The zero-order chi connectivity index (χ0) is 14.0. The first kappa shape index (κ1) is 12.6. The van der Waals surface area contributed by atoms with Crippen LogP contribution >= 0.6 is 0 Å². The first-order valence-corrected chi connectivity index (χ1v) is 5.36. The highest BCUT2D eigenvalue weighted by Crippen LogP contribution is 2.44. The highest BCUT2D eigenvalue weighted by atomic mass is 16.3. The maximum atomic E-state index is 9.81. The quantitative estimate of drug-likeness (QED) is 0.183. The number of hydrogen-bond donors (Lipinski definition) is 5. The fraction of sp³-hybridized carbons (Fsp3) is 0. The van der Waals surface area contributed by atoms with Gasteiger partial charge in [-0.3, -0.25) is 0 Å². The topological polar surface area (TPSA) is 119 Å². The molecule has 0 aliphatic heterocycles. The summed E-state index contributed by atoms with van der Waals surface area (Å²) in [7, 11) is 0. The molecule has 0 heterocycles. The van der Waals surface area contributed by atoms with Gasteiger partial charge in [-0.25, -0.2) is 0 Å². The maximum absolute atomic E-state index is 9.81. The fourth-order valence-corrected chi connectivity index (χ4v) is 1.71. The van der Waals surface area contributed by atoms with Crippen molar-refractivity contribution >= 4 is 5.71 Å². The number of benzene rings is 2. The van der Waals surface area contributed by atoms with E-state index in [0.717, 1.165) is 6.07 Å². The standard InChI is InChI=1S/C13H12N2O4/c14-15-10(7-4-2-1-3-5-7)8-6-9(16)12(18)13(19)11(8)17/h1-6,16-19H,14H2. The molecule has 0 aliphatic rings. The molecule has 2 rings (SSSR count). The van der Waals surface area contributed by atoms with E-state index in [9.17, 15) is 20.4 Å². The molecule has 0 fully saturated rings. The summed E-state index contributed by atoms with van der Waals surface area (Å²) in [6.07, 6.45) is 0.